The van der Waals surface area contributed by atoms with E-state index in [0.717, 1.165) is 6.42 Å². The predicted molar refractivity (Wildman–Crippen MR) is 54.3 cm³/mol. The quantitative estimate of drug-likeness (QED) is 0.755. The number of carbonyl (C=O) groups is 1. The van der Waals surface area contributed by atoms with Crippen molar-refractivity contribution >= 4 is 6.09 Å². The van der Waals surface area contributed by atoms with Gasteiger partial charge in [0.15, 0.2) is 0 Å². The average molecular weight is 233 g/mol. The van der Waals surface area contributed by atoms with Crippen LogP contribution in [0.5, 0.6) is 0 Å². The standard InChI is InChI=1S/C11H17F2NO2/c1-14-10(15)16-9-4-7-2-3-11(12,13)6-8(7)5-9/h7-9H,2-6H2,1H3,(H,14,15). The lowest BCUT2D eigenvalue weighted by molar-refractivity contribution is -0.0635. The smallest absolute Gasteiger partial charge is 0.407 e. The Balaban J connectivity index is 1.89. The third-order valence-electron chi connectivity index (χ3n) is 3.72. The number of carbonyl (C=O) groups excluding carboxylic acids is 1. The van der Waals surface area contributed by atoms with E-state index in [0.29, 0.717) is 18.8 Å². The van der Waals surface area contributed by atoms with Crippen LogP contribution in [0, 0.1) is 11.8 Å². The number of amides is 1. The van der Waals surface area contributed by atoms with E-state index in [1.165, 1.54) is 7.05 Å². The molecular formula is C11H17F2NO2. The Morgan fingerprint density at radius 1 is 1.38 bits per heavy atom. The van der Waals surface area contributed by atoms with Gasteiger partial charge in [-0.05, 0) is 31.1 Å². The summed E-state index contributed by atoms with van der Waals surface area (Å²) in [5.41, 5.74) is 0. The molecule has 2 aliphatic carbocycles. The fourth-order valence-corrected chi connectivity index (χ4v) is 2.95. The highest BCUT2D eigenvalue weighted by molar-refractivity contribution is 5.66. The van der Waals surface area contributed by atoms with E-state index >= 15 is 0 Å². The van der Waals surface area contributed by atoms with Crippen molar-refractivity contribution in [2.24, 2.45) is 11.8 Å². The van der Waals surface area contributed by atoms with Crippen molar-refractivity contribution in [3.05, 3.63) is 0 Å². The molecule has 1 amide bonds. The number of hydrogen-bond acceptors (Lipinski definition) is 2. The van der Waals surface area contributed by atoms with Gasteiger partial charge in [-0.3, -0.25) is 0 Å². The second-order valence-corrected chi connectivity index (χ2v) is 4.87. The van der Waals surface area contributed by atoms with Gasteiger partial charge in [-0.2, -0.15) is 0 Å². The van der Waals surface area contributed by atoms with E-state index in [1.54, 1.807) is 0 Å². The zero-order valence-corrected chi connectivity index (χ0v) is 9.34. The highest BCUT2D eigenvalue weighted by atomic mass is 19.3. The molecule has 92 valence electrons. The molecule has 2 saturated carbocycles. The predicted octanol–water partition coefficient (Wildman–Crippen LogP) is 2.56. The van der Waals surface area contributed by atoms with Gasteiger partial charge in [0.25, 0.3) is 0 Å². The third-order valence-corrected chi connectivity index (χ3v) is 3.72. The van der Waals surface area contributed by atoms with E-state index in [2.05, 4.69) is 5.32 Å². The lowest BCUT2D eigenvalue weighted by atomic mass is 9.80. The van der Waals surface area contributed by atoms with E-state index < -0.39 is 12.0 Å². The van der Waals surface area contributed by atoms with Crippen LogP contribution in [-0.2, 0) is 4.74 Å². The molecule has 0 spiro atoms. The highest BCUT2D eigenvalue weighted by Gasteiger charge is 2.46. The average Bonchev–Trinajstić information content (AvgIpc) is 2.57. The van der Waals surface area contributed by atoms with Gasteiger partial charge in [0.2, 0.25) is 5.92 Å². The maximum absolute atomic E-state index is 13.2. The molecule has 0 saturated heterocycles. The minimum atomic E-state index is -2.51. The van der Waals surface area contributed by atoms with Crippen LogP contribution in [0.2, 0.25) is 0 Å². The molecule has 0 aliphatic heterocycles. The number of nitrogens with one attached hydrogen (secondary N) is 1. The summed E-state index contributed by atoms with van der Waals surface area (Å²) in [5, 5.41) is 2.38. The summed E-state index contributed by atoms with van der Waals surface area (Å²) in [6.07, 6.45) is 1.21. The lowest BCUT2D eigenvalue weighted by Gasteiger charge is -2.30. The molecule has 2 aliphatic rings. The van der Waals surface area contributed by atoms with Crippen molar-refractivity contribution in [3.63, 3.8) is 0 Å². The summed E-state index contributed by atoms with van der Waals surface area (Å²) in [6.45, 7) is 0. The van der Waals surface area contributed by atoms with Gasteiger partial charge in [0.1, 0.15) is 6.10 Å². The van der Waals surface area contributed by atoms with E-state index in [-0.39, 0.29) is 24.9 Å². The molecule has 3 nitrogen and oxygen atoms in total. The molecule has 0 aromatic heterocycles. The fourth-order valence-electron chi connectivity index (χ4n) is 2.95. The Labute approximate surface area is 93.5 Å². The van der Waals surface area contributed by atoms with Crippen molar-refractivity contribution in [2.75, 3.05) is 7.05 Å². The second-order valence-electron chi connectivity index (χ2n) is 4.87. The maximum Gasteiger partial charge on any atom is 0.407 e. The third kappa shape index (κ3) is 2.44. The molecule has 0 heterocycles. The molecule has 0 aromatic rings. The molecule has 2 rings (SSSR count). The first-order valence-electron chi connectivity index (χ1n) is 5.76. The van der Waals surface area contributed by atoms with Crippen LogP contribution in [0.3, 0.4) is 0 Å². The molecule has 3 unspecified atom stereocenters. The monoisotopic (exact) mass is 233 g/mol. The fraction of sp³-hybridized carbons (Fsp3) is 0.909. The number of fused-ring (bicyclic) bond motifs is 1. The summed E-state index contributed by atoms with van der Waals surface area (Å²) in [7, 11) is 1.50. The van der Waals surface area contributed by atoms with E-state index in [4.69, 9.17) is 4.74 Å². The van der Waals surface area contributed by atoms with Crippen molar-refractivity contribution in [3.8, 4) is 0 Å². The number of alkyl halides is 2. The molecule has 0 aromatic carbocycles. The lowest BCUT2D eigenvalue weighted by Crippen LogP contribution is -2.29. The molecule has 0 bridgehead atoms. The van der Waals surface area contributed by atoms with Crippen LogP contribution in [-0.4, -0.2) is 25.2 Å². The summed E-state index contributed by atoms with van der Waals surface area (Å²) in [6, 6.07) is 0. The SMILES string of the molecule is CNC(=O)OC1CC2CCC(F)(F)CC2C1. The van der Waals surface area contributed by atoms with Gasteiger partial charge in [0, 0.05) is 19.9 Å². The number of halogens is 2. The van der Waals surface area contributed by atoms with E-state index in [9.17, 15) is 13.6 Å². The molecular weight excluding hydrogens is 216 g/mol. The zero-order valence-electron chi connectivity index (χ0n) is 9.34. The minimum Gasteiger partial charge on any atom is -0.446 e. The van der Waals surface area contributed by atoms with Gasteiger partial charge in [0.05, 0.1) is 0 Å². The largest absolute Gasteiger partial charge is 0.446 e. The Kier molecular flexibility index (Phi) is 3.04. The van der Waals surface area contributed by atoms with Gasteiger partial charge in [-0.15, -0.1) is 0 Å². The topological polar surface area (TPSA) is 38.3 Å². The Morgan fingerprint density at radius 3 is 2.75 bits per heavy atom. The molecule has 5 heteroatoms. The van der Waals surface area contributed by atoms with Crippen molar-refractivity contribution in [2.45, 2.75) is 44.1 Å². The van der Waals surface area contributed by atoms with Crippen LogP contribution in [0.1, 0.15) is 32.1 Å². The van der Waals surface area contributed by atoms with Crippen molar-refractivity contribution < 1.29 is 18.3 Å². The van der Waals surface area contributed by atoms with Crippen molar-refractivity contribution in [1.29, 1.82) is 0 Å². The van der Waals surface area contributed by atoms with Gasteiger partial charge in [-0.1, -0.05) is 0 Å². The summed E-state index contributed by atoms with van der Waals surface area (Å²) < 4.78 is 31.5. The summed E-state index contributed by atoms with van der Waals surface area (Å²) in [5.74, 6) is -2.17. The Hall–Kier alpha value is -0.870. The normalized spacial score (nSPS) is 36.6. The molecule has 3 atom stereocenters. The van der Waals surface area contributed by atoms with Crippen LogP contribution in [0.15, 0.2) is 0 Å². The molecule has 16 heavy (non-hydrogen) atoms. The van der Waals surface area contributed by atoms with Crippen LogP contribution in [0.25, 0.3) is 0 Å². The molecule has 2 fully saturated rings. The second kappa shape index (κ2) is 4.18. The first-order chi connectivity index (χ1) is 7.50. The van der Waals surface area contributed by atoms with Gasteiger partial charge >= 0.3 is 6.09 Å². The first kappa shape index (κ1) is 11.6. The number of rotatable bonds is 1. The summed E-state index contributed by atoms with van der Waals surface area (Å²) >= 11 is 0. The van der Waals surface area contributed by atoms with Crippen LogP contribution >= 0.6 is 0 Å². The highest BCUT2D eigenvalue weighted by Crippen LogP contribution is 2.48. The Morgan fingerprint density at radius 2 is 2.06 bits per heavy atom. The van der Waals surface area contributed by atoms with E-state index in [1.807, 2.05) is 0 Å². The molecule has 1 N–H and O–H groups in total. The maximum atomic E-state index is 13.2. The van der Waals surface area contributed by atoms with Gasteiger partial charge < -0.3 is 10.1 Å². The minimum absolute atomic E-state index is 0.0130. The van der Waals surface area contributed by atoms with Crippen molar-refractivity contribution in [1.82, 2.24) is 5.32 Å². The van der Waals surface area contributed by atoms with Gasteiger partial charge in [-0.25, -0.2) is 13.6 Å². The van der Waals surface area contributed by atoms with Crippen LogP contribution in [0.4, 0.5) is 13.6 Å². The first-order valence-corrected chi connectivity index (χ1v) is 5.76. The zero-order chi connectivity index (χ0) is 11.8. The molecule has 0 radical (unpaired) electrons. The number of alkyl carbamates (subject to hydrolysis) is 1. The number of ether oxygens (including phenoxy) is 1. The van der Waals surface area contributed by atoms with Crippen LogP contribution < -0.4 is 5.32 Å². The number of hydrogen-bond donors (Lipinski definition) is 1. The Bertz CT molecular complexity index is 283. The summed E-state index contributed by atoms with van der Waals surface area (Å²) in [4.78, 5) is 11.0.